The largest absolute Gasteiger partial charge is 0.392 e. The second-order valence-electron chi connectivity index (χ2n) is 5.19. The van der Waals surface area contributed by atoms with Crippen molar-refractivity contribution in [1.29, 1.82) is 0 Å². The van der Waals surface area contributed by atoms with Crippen LogP contribution in [-0.4, -0.2) is 51.5 Å². The summed E-state index contributed by atoms with van der Waals surface area (Å²) in [7, 11) is 0. The molecule has 1 aliphatic heterocycles. The number of hydrogen-bond donors (Lipinski definition) is 1. The molecule has 0 amide bonds. The van der Waals surface area contributed by atoms with Gasteiger partial charge in [0.05, 0.1) is 11.0 Å². The van der Waals surface area contributed by atoms with Crippen LogP contribution in [0.3, 0.4) is 0 Å². The smallest absolute Gasteiger partial charge is 0.205 e. The first-order valence-electron chi connectivity index (χ1n) is 6.61. The maximum Gasteiger partial charge on any atom is 0.205 e. The van der Waals surface area contributed by atoms with Crippen molar-refractivity contribution >= 4 is 33.9 Å². The highest BCUT2D eigenvalue weighted by Crippen LogP contribution is 2.22. The quantitative estimate of drug-likeness (QED) is 0.850. The summed E-state index contributed by atoms with van der Waals surface area (Å²) in [5.74, 6) is 1.33. The molecule has 0 aromatic carbocycles. The van der Waals surface area contributed by atoms with E-state index < -0.39 is 0 Å². The third-order valence-electron chi connectivity index (χ3n) is 3.49. The minimum atomic E-state index is 0.179. The van der Waals surface area contributed by atoms with Crippen LogP contribution < -0.4 is 10.6 Å². The van der Waals surface area contributed by atoms with Crippen LogP contribution >= 0.6 is 23.8 Å². The van der Waals surface area contributed by atoms with Crippen LogP contribution in [0.25, 0.3) is 0 Å². The highest BCUT2D eigenvalue weighted by Gasteiger charge is 2.24. The van der Waals surface area contributed by atoms with Crippen molar-refractivity contribution in [2.75, 3.05) is 31.1 Å². The van der Waals surface area contributed by atoms with Gasteiger partial charge in [-0.3, -0.25) is 4.90 Å². The fraction of sp³-hybridized carbons (Fsp3) is 0.750. The van der Waals surface area contributed by atoms with E-state index in [0.717, 1.165) is 37.1 Å². The van der Waals surface area contributed by atoms with E-state index in [0.29, 0.717) is 10.9 Å². The van der Waals surface area contributed by atoms with Crippen molar-refractivity contribution in [1.82, 2.24) is 14.3 Å². The highest BCUT2D eigenvalue weighted by atomic mass is 32.1. The van der Waals surface area contributed by atoms with Gasteiger partial charge in [0.15, 0.2) is 0 Å². The predicted molar refractivity (Wildman–Crippen MR) is 84.0 cm³/mol. The molecule has 1 aromatic rings. The second-order valence-corrected chi connectivity index (χ2v) is 6.39. The molecule has 5 nitrogen and oxygen atoms in total. The van der Waals surface area contributed by atoms with E-state index in [9.17, 15) is 0 Å². The molecule has 1 aromatic heterocycles. The molecule has 2 rings (SSSR count). The molecule has 1 unspecified atom stereocenters. The Bertz CT molecular complexity index is 437. The Hall–Kier alpha value is -0.790. The molecule has 0 aliphatic carbocycles. The topological polar surface area (TPSA) is 58.3 Å². The lowest BCUT2D eigenvalue weighted by Crippen LogP contribution is -2.52. The fourth-order valence-corrected chi connectivity index (χ4v) is 3.08. The number of thiocarbonyl (C=S) groups is 1. The third-order valence-corrected chi connectivity index (χ3v) is 4.62. The van der Waals surface area contributed by atoms with E-state index in [2.05, 4.69) is 39.9 Å². The van der Waals surface area contributed by atoms with E-state index in [-0.39, 0.29) is 6.04 Å². The van der Waals surface area contributed by atoms with Crippen molar-refractivity contribution in [2.24, 2.45) is 5.73 Å². The van der Waals surface area contributed by atoms with Crippen molar-refractivity contribution in [3.05, 3.63) is 5.82 Å². The van der Waals surface area contributed by atoms with Gasteiger partial charge < -0.3 is 10.6 Å². The standard InChI is InChI=1S/C12H21N5S2/c1-8(2)11-14-12(19-15-11)17-6-4-16(5-7-17)9(3)10(13)18/h8-9H,4-7H2,1-3H3,(H2,13,18). The zero-order valence-electron chi connectivity index (χ0n) is 11.7. The first kappa shape index (κ1) is 14.6. The van der Waals surface area contributed by atoms with Crippen LogP contribution in [0.2, 0.25) is 0 Å². The minimum Gasteiger partial charge on any atom is -0.392 e. The summed E-state index contributed by atoms with van der Waals surface area (Å²) in [5, 5.41) is 1.03. The lowest BCUT2D eigenvalue weighted by atomic mass is 10.2. The van der Waals surface area contributed by atoms with Gasteiger partial charge in [-0.1, -0.05) is 26.1 Å². The zero-order valence-corrected chi connectivity index (χ0v) is 13.3. The maximum atomic E-state index is 5.71. The van der Waals surface area contributed by atoms with E-state index >= 15 is 0 Å². The Morgan fingerprint density at radius 2 is 1.89 bits per heavy atom. The SMILES string of the molecule is CC(C)c1nsc(N2CCN(C(C)C(N)=S)CC2)n1. The summed E-state index contributed by atoms with van der Waals surface area (Å²) in [6, 6.07) is 0.179. The second kappa shape index (κ2) is 6.11. The first-order chi connectivity index (χ1) is 8.99. The molecular weight excluding hydrogens is 278 g/mol. The van der Waals surface area contributed by atoms with Crippen molar-refractivity contribution in [3.8, 4) is 0 Å². The van der Waals surface area contributed by atoms with E-state index in [4.69, 9.17) is 18.0 Å². The van der Waals surface area contributed by atoms with Gasteiger partial charge in [0.25, 0.3) is 0 Å². The first-order valence-corrected chi connectivity index (χ1v) is 7.79. The summed E-state index contributed by atoms with van der Waals surface area (Å²) in [5.41, 5.74) is 5.71. The van der Waals surface area contributed by atoms with Gasteiger partial charge in [-0.25, -0.2) is 4.98 Å². The number of piperazine rings is 1. The summed E-state index contributed by atoms with van der Waals surface area (Å²) >= 11 is 6.55. The highest BCUT2D eigenvalue weighted by molar-refractivity contribution is 7.80. The molecule has 0 radical (unpaired) electrons. The molecular formula is C12H21N5S2. The van der Waals surface area contributed by atoms with E-state index in [1.54, 1.807) is 0 Å². The predicted octanol–water partition coefficient (Wildman–Crippen LogP) is 1.46. The van der Waals surface area contributed by atoms with Gasteiger partial charge in [0.2, 0.25) is 5.13 Å². The number of aromatic nitrogens is 2. The third kappa shape index (κ3) is 3.40. The molecule has 0 spiro atoms. The average molecular weight is 299 g/mol. The lowest BCUT2D eigenvalue weighted by molar-refractivity contribution is 0.239. The molecule has 19 heavy (non-hydrogen) atoms. The molecule has 2 N–H and O–H groups in total. The zero-order chi connectivity index (χ0) is 14.0. The fourth-order valence-electron chi connectivity index (χ4n) is 2.07. The minimum absolute atomic E-state index is 0.179. The maximum absolute atomic E-state index is 5.71. The summed E-state index contributed by atoms with van der Waals surface area (Å²) in [4.78, 5) is 9.80. The Morgan fingerprint density at radius 1 is 1.26 bits per heavy atom. The molecule has 1 aliphatic rings. The Balaban J connectivity index is 1.94. The van der Waals surface area contributed by atoms with Crippen molar-refractivity contribution < 1.29 is 0 Å². The lowest BCUT2D eigenvalue weighted by Gasteiger charge is -2.37. The monoisotopic (exact) mass is 299 g/mol. The number of rotatable bonds is 4. The molecule has 2 heterocycles. The van der Waals surface area contributed by atoms with Crippen LogP contribution in [0.4, 0.5) is 5.13 Å². The van der Waals surface area contributed by atoms with Gasteiger partial charge in [-0.05, 0) is 6.92 Å². The van der Waals surface area contributed by atoms with Crippen LogP contribution in [0.5, 0.6) is 0 Å². The van der Waals surface area contributed by atoms with Gasteiger partial charge >= 0.3 is 0 Å². The summed E-state index contributed by atoms with van der Waals surface area (Å²) in [6.45, 7) is 10.2. The van der Waals surface area contributed by atoms with Crippen molar-refractivity contribution in [3.63, 3.8) is 0 Å². The molecule has 0 saturated carbocycles. The van der Waals surface area contributed by atoms with Crippen molar-refractivity contribution in [2.45, 2.75) is 32.7 Å². The number of hydrogen-bond acceptors (Lipinski definition) is 6. The number of anilines is 1. The number of nitrogens with zero attached hydrogens (tertiary/aromatic N) is 4. The van der Waals surface area contributed by atoms with Crippen LogP contribution in [0, 0.1) is 0 Å². The molecule has 1 atom stereocenters. The van der Waals surface area contributed by atoms with Crippen LogP contribution in [0.15, 0.2) is 0 Å². The van der Waals surface area contributed by atoms with E-state index in [1.807, 2.05) is 0 Å². The molecule has 1 fully saturated rings. The van der Waals surface area contributed by atoms with Gasteiger partial charge in [0.1, 0.15) is 5.82 Å². The Labute approximate surface area is 124 Å². The normalized spacial score (nSPS) is 18.8. The molecule has 106 valence electrons. The van der Waals surface area contributed by atoms with Crippen LogP contribution in [0.1, 0.15) is 32.5 Å². The molecule has 7 heteroatoms. The van der Waals surface area contributed by atoms with Gasteiger partial charge in [-0.15, -0.1) is 0 Å². The van der Waals surface area contributed by atoms with E-state index in [1.165, 1.54) is 11.5 Å². The summed E-state index contributed by atoms with van der Waals surface area (Å²) in [6.07, 6.45) is 0. The Kier molecular flexibility index (Phi) is 4.70. The molecule has 1 saturated heterocycles. The average Bonchev–Trinajstić information content (AvgIpc) is 2.87. The molecule has 0 bridgehead atoms. The Morgan fingerprint density at radius 3 is 2.37 bits per heavy atom. The summed E-state index contributed by atoms with van der Waals surface area (Å²) < 4.78 is 4.41. The number of nitrogens with two attached hydrogens (primary N) is 1. The van der Waals surface area contributed by atoms with Gasteiger partial charge in [-0.2, -0.15) is 4.37 Å². The van der Waals surface area contributed by atoms with Gasteiger partial charge in [0, 0.05) is 43.6 Å². The van der Waals surface area contributed by atoms with Crippen LogP contribution in [-0.2, 0) is 0 Å².